The maximum atomic E-state index is 13.9. The maximum Gasteiger partial charge on any atom is 0.235 e. The van der Waals surface area contributed by atoms with Crippen LogP contribution in [0.3, 0.4) is 0 Å². The van der Waals surface area contributed by atoms with E-state index in [0.717, 1.165) is 5.69 Å². The van der Waals surface area contributed by atoms with E-state index < -0.39 is 5.82 Å². The number of para-hydroxylation sites is 1. The number of hydrogen-bond acceptors (Lipinski definition) is 2. The van der Waals surface area contributed by atoms with Crippen LogP contribution in [0.1, 0.15) is 18.4 Å². The molecular formula is C21H20ClFN2O2. The van der Waals surface area contributed by atoms with Crippen molar-refractivity contribution in [3.05, 3.63) is 64.9 Å². The van der Waals surface area contributed by atoms with Gasteiger partial charge in [0.2, 0.25) is 11.8 Å². The Bertz CT molecular complexity index is 859. The number of likely N-dealkylation sites (tertiary alicyclic amines) is 1. The molecule has 4 rings (SSSR count). The number of benzene rings is 2. The Balaban J connectivity index is 1.37. The lowest BCUT2D eigenvalue weighted by atomic mass is 9.70. The van der Waals surface area contributed by atoms with Gasteiger partial charge in [-0.15, -0.1) is 0 Å². The number of amides is 2. The average Bonchev–Trinajstić information content (AvgIpc) is 2.69. The number of halogens is 2. The highest BCUT2D eigenvalue weighted by molar-refractivity contribution is 6.31. The highest BCUT2D eigenvalue weighted by atomic mass is 35.5. The van der Waals surface area contributed by atoms with Crippen molar-refractivity contribution in [2.24, 2.45) is 5.41 Å². The predicted molar refractivity (Wildman–Crippen MR) is 102 cm³/mol. The molecule has 0 aromatic heterocycles. The Labute approximate surface area is 162 Å². The van der Waals surface area contributed by atoms with Crippen molar-refractivity contribution >= 4 is 29.1 Å². The van der Waals surface area contributed by atoms with Crippen molar-refractivity contribution in [1.82, 2.24) is 4.90 Å². The number of nitrogens with zero attached hydrogens (tertiary/aromatic N) is 2. The molecule has 2 heterocycles. The zero-order chi connectivity index (χ0) is 19.0. The van der Waals surface area contributed by atoms with Crippen LogP contribution in [0.5, 0.6) is 0 Å². The van der Waals surface area contributed by atoms with E-state index in [-0.39, 0.29) is 34.2 Å². The summed E-state index contributed by atoms with van der Waals surface area (Å²) in [7, 11) is 0. The molecule has 2 aromatic rings. The summed E-state index contributed by atoms with van der Waals surface area (Å²) in [6.07, 6.45) is 1.24. The van der Waals surface area contributed by atoms with E-state index in [1.165, 1.54) is 12.1 Å². The zero-order valence-corrected chi connectivity index (χ0v) is 15.6. The van der Waals surface area contributed by atoms with Crippen LogP contribution >= 0.6 is 11.6 Å². The van der Waals surface area contributed by atoms with Crippen LogP contribution in [0, 0.1) is 11.2 Å². The summed E-state index contributed by atoms with van der Waals surface area (Å²) in [5, 5.41) is 0.268. The molecule has 2 amide bonds. The highest BCUT2D eigenvalue weighted by Crippen LogP contribution is 2.43. The molecule has 27 heavy (non-hydrogen) atoms. The smallest absolute Gasteiger partial charge is 0.235 e. The molecule has 2 aliphatic heterocycles. The monoisotopic (exact) mass is 386 g/mol. The van der Waals surface area contributed by atoms with Gasteiger partial charge in [0.1, 0.15) is 5.82 Å². The van der Waals surface area contributed by atoms with E-state index in [0.29, 0.717) is 32.5 Å². The van der Waals surface area contributed by atoms with Crippen molar-refractivity contribution in [3.8, 4) is 0 Å². The van der Waals surface area contributed by atoms with Gasteiger partial charge >= 0.3 is 0 Å². The molecule has 0 unspecified atom stereocenters. The van der Waals surface area contributed by atoms with E-state index in [4.69, 9.17) is 11.6 Å². The van der Waals surface area contributed by atoms with Crippen LogP contribution in [0.2, 0.25) is 5.02 Å². The minimum Gasteiger partial charge on any atom is -0.342 e. The number of hydrogen-bond donors (Lipinski definition) is 0. The van der Waals surface area contributed by atoms with Crippen LogP contribution in [0.15, 0.2) is 48.5 Å². The normalized spacial score (nSPS) is 18.5. The number of piperidine rings is 1. The number of anilines is 1. The van der Waals surface area contributed by atoms with Gasteiger partial charge in [-0.05, 0) is 37.1 Å². The molecule has 0 radical (unpaired) electrons. The van der Waals surface area contributed by atoms with Crippen molar-refractivity contribution in [2.75, 3.05) is 24.5 Å². The third-order valence-corrected chi connectivity index (χ3v) is 6.04. The number of carbonyl (C=O) groups is 2. The molecule has 0 bridgehead atoms. The molecule has 0 aliphatic carbocycles. The third-order valence-electron chi connectivity index (χ3n) is 5.69. The summed E-state index contributed by atoms with van der Waals surface area (Å²) in [6, 6.07) is 14.1. The zero-order valence-electron chi connectivity index (χ0n) is 14.8. The average molecular weight is 387 g/mol. The first-order valence-corrected chi connectivity index (χ1v) is 9.46. The van der Waals surface area contributed by atoms with Crippen molar-refractivity contribution < 1.29 is 14.0 Å². The lowest BCUT2D eigenvalue weighted by Gasteiger charge is -2.52. The summed E-state index contributed by atoms with van der Waals surface area (Å²) in [6.45, 7) is 1.72. The Morgan fingerprint density at radius 3 is 2.41 bits per heavy atom. The second-order valence-corrected chi connectivity index (χ2v) is 7.67. The molecule has 140 valence electrons. The number of rotatable bonds is 3. The van der Waals surface area contributed by atoms with Crippen LogP contribution < -0.4 is 4.90 Å². The fourth-order valence-corrected chi connectivity index (χ4v) is 4.20. The van der Waals surface area contributed by atoms with E-state index in [2.05, 4.69) is 0 Å². The summed E-state index contributed by atoms with van der Waals surface area (Å²) in [5.41, 5.74) is 0.794. The Morgan fingerprint density at radius 1 is 1.07 bits per heavy atom. The molecular weight excluding hydrogens is 367 g/mol. The topological polar surface area (TPSA) is 40.6 Å². The summed E-state index contributed by atoms with van der Waals surface area (Å²) >= 11 is 6.02. The molecule has 2 saturated heterocycles. The lowest BCUT2D eigenvalue weighted by Crippen LogP contribution is -2.65. The second kappa shape index (κ2) is 6.97. The Kier molecular flexibility index (Phi) is 4.64. The van der Waals surface area contributed by atoms with Gasteiger partial charge in [-0.25, -0.2) is 4.39 Å². The minimum atomic E-state index is -0.461. The summed E-state index contributed by atoms with van der Waals surface area (Å²) in [4.78, 5) is 28.8. The fraction of sp³-hybridized carbons (Fsp3) is 0.333. The van der Waals surface area contributed by atoms with Gasteiger partial charge in [-0.3, -0.25) is 9.59 Å². The van der Waals surface area contributed by atoms with Crippen LogP contribution in [-0.2, 0) is 16.0 Å². The van der Waals surface area contributed by atoms with Gasteiger partial charge in [0.05, 0.1) is 11.8 Å². The molecule has 6 heteroatoms. The SMILES string of the molecule is O=C(Cc1c(F)cccc1Cl)N1CCC2(CC1)CN(c1ccccc1)C2=O. The summed E-state index contributed by atoms with van der Waals surface area (Å²) in [5.74, 6) is -0.474. The first-order chi connectivity index (χ1) is 13.0. The van der Waals surface area contributed by atoms with Gasteiger partial charge in [0.25, 0.3) is 0 Å². The van der Waals surface area contributed by atoms with E-state index in [1.54, 1.807) is 15.9 Å². The van der Waals surface area contributed by atoms with Gasteiger partial charge in [-0.1, -0.05) is 35.9 Å². The molecule has 0 atom stereocenters. The van der Waals surface area contributed by atoms with Gasteiger partial charge in [0.15, 0.2) is 0 Å². The lowest BCUT2D eigenvalue weighted by molar-refractivity contribution is -0.143. The van der Waals surface area contributed by atoms with Crippen molar-refractivity contribution in [2.45, 2.75) is 19.3 Å². The fourth-order valence-electron chi connectivity index (χ4n) is 3.97. The largest absolute Gasteiger partial charge is 0.342 e. The van der Waals surface area contributed by atoms with E-state index in [1.807, 2.05) is 30.3 Å². The Morgan fingerprint density at radius 2 is 1.78 bits per heavy atom. The van der Waals surface area contributed by atoms with E-state index >= 15 is 0 Å². The molecule has 2 fully saturated rings. The minimum absolute atomic E-state index is 0.0530. The Hall–Kier alpha value is -2.40. The molecule has 0 saturated carbocycles. The van der Waals surface area contributed by atoms with Gasteiger partial charge in [-0.2, -0.15) is 0 Å². The third kappa shape index (κ3) is 3.21. The molecule has 0 N–H and O–H groups in total. The van der Waals surface area contributed by atoms with Crippen LogP contribution in [0.4, 0.5) is 10.1 Å². The number of β-lactam (4-membered cyclic amide) rings is 1. The standard InChI is InChI=1S/C21H20ClFN2O2/c22-17-7-4-8-18(23)16(17)13-19(26)24-11-9-21(10-12-24)14-25(20(21)27)15-5-2-1-3-6-15/h1-8H,9-14H2. The molecule has 4 nitrogen and oxygen atoms in total. The second-order valence-electron chi connectivity index (χ2n) is 7.26. The first kappa shape index (κ1) is 18.0. The maximum absolute atomic E-state index is 13.9. The van der Waals surface area contributed by atoms with Crippen molar-refractivity contribution in [3.63, 3.8) is 0 Å². The molecule has 2 aliphatic rings. The summed E-state index contributed by atoms with van der Waals surface area (Å²) < 4.78 is 13.9. The van der Waals surface area contributed by atoms with Crippen LogP contribution in [0.25, 0.3) is 0 Å². The van der Waals surface area contributed by atoms with E-state index in [9.17, 15) is 14.0 Å². The van der Waals surface area contributed by atoms with Crippen LogP contribution in [-0.4, -0.2) is 36.3 Å². The quantitative estimate of drug-likeness (QED) is 0.755. The number of carbonyl (C=O) groups excluding carboxylic acids is 2. The predicted octanol–water partition coefficient (Wildman–Crippen LogP) is 3.68. The molecule has 2 aromatic carbocycles. The van der Waals surface area contributed by atoms with Crippen molar-refractivity contribution in [1.29, 1.82) is 0 Å². The highest BCUT2D eigenvalue weighted by Gasteiger charge is 2.53. The molecule has 1 spiro atoms. The van der Waals surface area contributed by atoms with Gasteiger partial charge in [0, 0.05) is 35.9 Å². The van der Waals surface area contributed by atoms with Gasteiger partial charge < -0.3 is 9.80 Å². The first-order valence-electron chi connectivity index (χ1n) is 9.08.